The van der Waals surface area contributed by atoms with Gasteiger partial charge in [0.1, 0.15) is 6.10 Å². The van der Waals surface area contributed by atoms with Crippen LogP contribution < -0.4 is 4.72 Å². The zero-order valence-corrected chi connectivity index (χ0v) is 15.1. The van der Waals surface area contributed by atoms with E-state index < -0.39 is 10.0 Å². The van der Waals surface area contributed by atoms with E-state index in [1.54, 1.807) is 16.9 Å². The number of thiophene rings is 1. The van der Waals surface area contributed by atoms with Gasteiger partial charge in [0.05, 0.1) is 17.1 Å². The minimum Gasteiger partial charge on any atom is -0.372 e. The number of hydrogen-bond acceptors (Lipinski definition) is 5. The van der Waals surface area contributed by atoms with E-state index in [1.165, 1.54) is 11.3 Å². The average molecular weight is 355 g/mol. The Bertz CT molecular complexity index is 795. The van der Waals surface area contributed by atoms with Crippen LogP contribution in [0.15, 0.2) is 23.4 Å². The molecule has 2 atom stereocenters. The molecule has 2 aromatic rings. The molecule has 1 aliphatic rings. The molecule has 0 radical (unpaired) electrons. The molecule has 0 saturated carbocycles. The Morgan fingerprint density at radius 1 is 1.43 bits per heavy atom. The van der Waals surface area contributed by atoms with Gasteiger partial charge in [-0.15, -0.1) is 11.3 Å². The quantitative estimate of drug-likeness (QED) is 0.913. The normalized spacial score (nSPS) is 22.4. The Morgan fingerprint density at radius 3 is 2.83 bits per heavy atom. The Hall–Kier alpha value is -1.22. The van der Waals surface area contributed by atoms with Crippen molar-refractivity contribution in [3.8, 4) is 0 Å². The smallest absolute Gasteiger partial charge is 0.242 e. The fourth-order valence-electron chi connectivity index (χ4n) is 2.95. The molecule has 6 nitrogen and oxygen atoms in total. The monoisotopic (exact) mass is 355 g/mol. The third-order valence-electron chi connectivity index (χ3n) is 3.97. The lowest BCUT2D eigenvalue weighted by molar-refractivity contribution is -0.00446. The molecule has 0 spiro atoms. The summed E-state index contributed by atoms with van der Waals surface area (Å²) in [6.07, 6.45) is 4.90. The molecular formula is C15H21N3O3S2. The SMILES string of the molecule is Cc1cc(S(=O)(=O)N[C@H]2CCCO[C@@H]2c2cnn(C)c2)c(C)s1. The van der Waals surface area contributed by atoms with Crippen molar-refractivity contribution in [1.82, 2.24) is 14.5 Å². The predicted octanol–water partition coefficient (Wildman–Crippen LogP) is 2.30. The summed E-state index contributed by atoms with van der Waals surface area (Å²) in [6, 6.07) is 1.45. The van der Waals surface area contributed by atoms with Gasteiger partial charge in [-0.05, 0) is 32.8 Å². The first-order valence-electron chi connectivity index (χ1n) is 7.56. The van der Waals surface area contributed by atoms with E-state index >= 15 is 0 Å². The van der Waals surface area contributed by atoms with Crippen LogP contribution in [0.2, 0.25) is 0 Å². The largest absolute Gasteiger partial charge is 0.372 e. The van der Waals surface area contributed by atoms with Crippen molar-refractivity contribution in [1.29, 1.82) is 0 Å². The summed E-state index contributed by atoms with van der Waals surface area (Å²) in [5, 5.41) is 4.16. The lowest BCUT2D eigenvalue weighted by Crippen LogP contribution is -2.42. The molecule has 1 N–H and O–H groups in total. The lowest BCUT2D eigenvalue weighted by atomic mass is 9.99. The first-order valence-corrected chi connectivity index (χ1v) is 9.86. The van der Waals surface area contributed by atoms with Crippen LogP contribution in [0.4, 0.5) is 0 Å². The Morgan fingerprint density at radius 2 is 2.22 bits per heavy atom. The van der Waals surface area contributed by atoms with Crippen molar-refractivity contribution in [2.75, 3.05) is 6.61 Å². The highest BCUT2D eigenvalue weighted by Gasteiger charge is 2.33. The van der Waals surface area contributed by atoms with Crippen LogP contribution in [0.5, 0.6) is 0 Å². The summed E-state index contributed by atoms with van der Waals surface area (Å²) in [7, 11) is -1.71. The van der Waals surface area contributed by atoms with Gasteiger partial charge in [0.15, 0.2) is 0 Å². The van der Waals surface area contributed by atoms with Crippen LogP contribution in [0, 0.1) is 13.8 Å². The van der Waals surface area contributed by atoms with E-state index in [0.29, 0.717) is 11.5 Å². The van der Waals surface area contributed by atoms with E-state index in [-0.39, 0.29) is 12.1 Å². The first kappa shape index (κ1) is 16.6. The van der Waals surface area contributed by atoms with Crippen molar-refractivity contribution in [3.05, 3.63) is 33.8 Å². The van der Waals surface area contributed by atoms with E-state index in [2.05, 4.69) is 9.82 Å². The molecule has 1 fully saturated rings. The molecule has 0 aromatic carbocycles. The number of aryl methyl sites for hydroxylation is 3. The summed E-state index contributed by atoms with van der Waals surface area (Å²) in [4.78, 5) is 2.17. The van der Waals surface area contributed by atoms with Gasteiger partial charge in [0.2, 0.25) is 10.0 Å². The van der Waals surface area contributed by atoms with Gasteiger partial charge in [-0.1, -0.05) is 0 Å². The minimum atomic E-state index is -3.55. The Kier molecular flexibility index (Phi) is 4.59. The Labute approximate surface area is 140 Å². The topological polar surface area (TPSA) is 73.2 Å². The van der Waals surface area contributed by atoms with Crippen LogP contribution in [0.3, 0.4) is 0 Å². The van der Waals surface area contributed by atoms with E-state index in [1.807, 2.05) is 27.1 Å². The first-order chi connectivity index (χ1) is 10.9. The number of aromatic nitrogens is 2. The number of nitrogens with one attached hydrogen (secondary N) is 1. The molecule has 3 rings (SSSR count). The highest BCUT2D eigenvalue weighted by molar-refractivity contribution is 7.89. The van der Waals surface area contributed by atoms with Gasteiger partial charge in [0, 0.05) is 35.2 Å². The molecule has 23 heavy (non-hydrogen) atoms. The lowest BCUT2D eigenvalue weighted by Gasteiger charge is -2.31. The van der Waals surface area contributed by atoms with Gasteiger partial charge in [-0.25, -0.2) is 13.1 Å². The second-order valence-corrected chi connectivity index (χ2v) is 9.03. The van der Waals surface area contributed by atoms with Gasteiger partial charge >= 0.3 is 0 Å². The van der Waals surface area contributed by atoms with Crippen molar-refractivity contribution in [2.24, 2.45) is 7.05 Å². The van der Waals surface area contributed by atoms with Gasteiger partial charge in [0.25, 0.3) is 0 Å². The average Bonchev–Trinajstić information content (AvgIpc) is 3.05. The van der Waals surface area contributed by atoms with Crippen LogP contribution in [-0.4, -0.2) is 30.8 Å². The zero-order valence-electron chi connectivity index (χ0n) is 13.4. The number of ether oxygens (including phenoxy) is 1. The maximum absolute atomic E-state index is 12.7. The van der Waals surface area contributed by atoms with Crippen LogP contribution >= 0.6 is 11.3 Å². The molecule has 126 valence electrons. The minimum absolute atomic E-state index is 0.280. The molecule has 0 unspecified atom stereocenters. The molecule has 2 aromatic heterocycles. The standard InChI is InChI=1S/C15H21N3O3S2/c1-10-7-14(11(2)22-10)23(19,20)17-13-5-4-6-21-15(13)12-8-16-18(3)9-12/h7-9,13,15,17H,4-6H2,1-3H3/t13-,15+/m0/s1. The molecule has 0 aliphatic carbocycles. The van der Waals surface area contributed by atoms with Gasteiger partial charge < -0.3 is 4.74 Å². The summed E-state index contributed by atoms with van der Waals surface area (Å²) in [5.41, 5.74) is 0.901. The molecule has 0 amide bonds. The van der Waals surface area contributed by atoms with Crippen molar-refractivity contribution < 1.29 is 13.2 Å². The van der Waals surface area contributed by atoms with Crippen LogP contribution in [0.1, 0.15) is 34.3 Å². The molecule has 0 bridgehead atoms. The van der Waals surface area contributed by atoms with Gasteiger partial charge in [-0.2, -0.15) is 5.10 Å². The summed E-state index contributed by atoms with van der Waals surface area (Å²) >= 11 is 1.49. The van der Waals surface area contributed by atoms with Crippen LogP contribution in [0.25, 0.3) is 0 Å². The highest BCUT2D eigenvalue weighted by atomic mass is 32.2. The van der Waals surface area contributed by atoms with E-state index in [9.17, 15) is 8.42 Å². The third-order valence-corrected chi connectivity index (χ3v) is 6.68. The third kappa shape index (κ3) is 3.50. The van der Waals surface area contributed by atoms with E-state index in [0.717, 1.165) is 28.2 Å². The zero-order chi connectivity index (χ0) is 16.6. The highest BCUT2D eigenvalue weighted by Crippen LogP contribution is 2.31. The number of rotatable bonds is 4. The van der Waals surface area contributed by atoms with Crippen molar-refractivity contribution in [2.45, 2.75) is 43.7 Å². The molecule has 3 heterocycles. The van der Waals surface area contributed by atoms with E-state index in [4.69, 9.17) is 4.74 Å². The second kappa shape index (κ2) is 6.35. The van der Waals surface area contributed by atoms with Crippen LogP contribution in [-0.2, 0) is 21.8 Å². The van der Waals surface area contributed by atoms with Crippen molar-refractivity contribution in [3.63, 3.8) is 0 Å². The Balaban J connectivity index is 1.85. The van der Waals surface area contributed by atoms with Gasteiger partial charge in [-0.3, -0.25) is 4.68 Å². The second-order valence-electron chi connectivity index (χ2n) is 5.89. The fourth-order valence-corrected chi connectivity index (χ4v) is 5.78. The molecule has 8 heteroatoms. The molecular weight excluding hydrogens is 334 g/mol. The number of nitrogens with zero attached hydrogens (tertiary/aromatic N) is 2. The fraction of sp³-hybridized carbons (Fsp3) is 0.533. The summed E-state index contributed by atoms with van der Waals surface area (Å²) < 4.78 is 35.8. The maximum atomic E-state index is 12.7. The number of hydrogen-bond donors (Lipinski definition) is 1. The summed E-state index contributed by atoms with van der Waals surface area (Å²) in [6.45, 7) is 4.38. The predicted molar refractivity (Wildman–Crippen MR) is 89.0 cm³/mol. The van der Waals surface area contributed by atoms with Crippen molar-refractivity contribution >= 4 is 21.4 Å². The number of sulfonamides is 1. The molecule has 1 aliphatic heterocycles. The maximum Gasteiger partial charge on any atom is 0.242 e. The summed E-state index contributed by atoms with van der Waals surface area (Å²) in [5.74, 6) is 0. The molecule has 1 saturated heterocycles.